The number of halogens is 1. The molecule has 19 heavy (non-hydrogen) atoms. The number of carbonyl (C=O) groups is 1. The lowest BCUT2D eigenvalue weighted by atomic mass is 10.0. The third kappa shape index (κ3) is 1.94. The molecule has 1 aromatic carbocycles. The number of nitrogens with zero attached hydrogens (tertiary/aromatic N) is 1. The van der Waals surface area contributed by atoms with Crippen molar-refractivity contribution in [1.82, 2.24) is 0 Å². The van der Waals surface area contributed by atoms with Gasteiger partial charge in [-0.15, -0.1) is 0 Å². The third-order valence-corrected chi connectivity index (χ3v) is 5.83. The van der Waals surface area contributed by atoms with Crippen molar-refractivity contribution >= 4 is 16.1 Å². The van der Waals surface area contributed by atoms with Gasteiger partial charge >= 0.3 is 0 Å². The maximum atomic E-state index is 12.9. The lowest BCUT2D eigenvalue weighted by Crippen LogP contribution is -2.17. The topological polar surface area (TPSA) is 75.0 Å². The third-order valence-electron chi connectivity index (χ3n) is 3.59. The van der Waals surface area contributed by atoms with Crippen molar-refractivity contribution in [3.05, 3.63) is 35.6 Å². The largest absolute Gasteiger partial charge is 0.302 e. The molecule has 1 fully saturated rings. The van der Waals surface area contributed by atoms with Crippen LogP contribution in [0.1, 0.15) is 18.4 Å². The van der Waals surface area contributed by atoms with Crippen LogP contribution in [0.25, 0.3) is 0 Å². The lowest BCUT2D eigenvalue weighted by molar-refractivity contribution is -0.110. The molecule has 100 valence electrons. The molecule has 0 aliphatic heterocycles. The van der Waals surface area contributed by atoms with Crippen LogP contribution in [0.4, 0.5) is 4.39 Å². The first kappa shape index (κ1) is 13.7. The molecule has 0 saturated heterocycles. The SMILES string of the molecule is CCS(=O)(=O)C1C(c2ccc(F)cc2)C1(C#N)C=O. The summed E-state index contributed by atoms with van der Waals surface area (Å²) in [5.74, 6) is -1.29. The van der Waals surface area contributed by atoms with Gasteiger partial charge in [0.05, 0.1) is 11.3 Å². The zero-order chi connectivity index (χ0) is 14.3. The fourth-order valence-electron chi connectivity index (χ4n) is 2.48. The van der Waals surface area contributed by atoms with Gasteiger partial charge in [-0.3, -0.25) is 0 Å². The van der Waals surface area contributed by atoms with E-state index in [1.165, 1.54) is 31.2 Å². The van der Waals surface area contributed by atoms with Crippen LogP contribution in [0.3, 0.4) is 0 Å². The van der Waals surface area contributed by atoms with Crippen molar-refractivity contribution in [2.24, 2.45) is 5.41 Å². The Morgan fingerprint density at radius 1 is 1.42 bits per heavy atom. The minimum atomic E-state index is -3.51. The monoisotopic (exact) mass is 281 g/mol. The van der Waals surface area contributed by atoms with Crippen LogP contribution >= 0.6 is 0 Å². The quantitative estimate of drug-likeness (QED) is 0.782. The summed E-state index contributed by atoms with van der Waals surface area (Å²) in [7, 11) is -3.51. The fraction of sp³-hybridized carbons (Fsp3) is 0.385. The summed E-state index contributed by atoms with van der Waals surface area (Å²) >= 11 is 0. The van der Waals surface area contributed by atoms with Gasteiger partial charge in [0.1, 0.15) is 17.5 Å². The molecule has 0 aromatic heterocycles. The maximum Gasteiger partial charge on any atom is 0.155 e. The molecular formula is C13H12FNO3S. The molecule has 1 aromatic rings. The summed E-state index contributed by atoms with van der Waals surface area (Å²) in [6, 6.07) is 7.03. The lowest BCUT2D eigenvalue weighted by Gasteiger charge is -1.99. The van der Waals surface area contributed by atoms with E-state index in [9.17, 15) is 17.6 Å². The summed E-state index contributed by atoms with van der Waals surface area (Å²) in [5, 5.41) is 8.12. The molecule has 0 heterocycles. The van der Waals surface area contributed by atoms with E-state index in [1.54, 1.807) is 0 Å². The highest BCUT2D eigenvalue weighted by atomic mass is 32.2. The van der Waals surface area contributed by atoms with Crippen LogP contribution in [0, 0.1) is 22.6 Å². The van der Waals surface area contributed by atoms with E-state index < -0.39 is 32.2 Å². The first-order chi connectivity index (χ1) is 8.93. The summed E-state index contributed by atoms with van der Waals surface area (Å²) in [4.78, 5) is 11.2. The van der Waals surface area contributed by atoms with Gasteiger partial charge < -0.3 is 4.79 Å². The molecule has 0 amide bonds. The smallest absolute Gasteiger partial charge is 0.155 e. The van der Waals surface area contributed by atoms with Crippen molar-refractivity contribution in [1.29, 1.82) is 5.26 Å². The number of sulfone groups is 1. The van der Waals surface area contributed by atoms with E-state index in [-0.39, 0.29) is 5.75 Å². The molecule has 3 atom stereocenters. The predicted molar refractivity (Wildman–Crippen MR) is 66.5 cm³/mol. The molecule has 0 N–H and O–H groups in total. The molecule has 2 rings (SSSR count). The van der Waals surface area contributed by atoms with E-state index in [4.69, 9.17) is 5.26 Å². The summed E-state index contributed by atoms with van der Waals surface area (Å²) in [6.45, 7) is 1.47. The fourth-order valence-corrected chi connectivity index (χ4v) is 4.41. The zero-order valence-electron chi connectivity index (χ0n) is 10.2. The standard InChI is InChI=1S/C13H12FNO3S/c1-2-19(17,18)12-11(13(12,7-15)8-16)9-3-5-10(14)6-4-9/h3-6,8,11-12H,2H2,1H3. The Labute approximate surface area is 110 Å². The second kappa shape index (κ2) is 4.42. The Morgan fingerprint density at radius 2 is 2.00 bits per heavy atom. The normalized spacial score (nSPS) is 29.5. The second-order valence-electron chi connectivity index (χ2n) is 4.56. The van der Waals surface area contributed by atoms with Crippen LogP contribution in [-0.2, 0) is 14.6 Å². The van der Waals surface area contributed by atoms with Gasteiger partial charge in [0.2, 0.25) is 0 Å². The molecule has 1 aliphatic rings. The van der Waals surface area contributed by atoms with Gasteiger partial charge in [0.25, 0.3) is 0 Å². The van der Waals surface area contributed by atoms with Crippen molar-refractivity contribution in [2.75, 3.05) is 5.75 Å². The van der Waals surface area contributed by atoms with Crippen molar-refractivity contribution < 1.29 is 17.6 Å². The van der Waals surface area contributed by atoms with Crippen LogP contribution in [0.5, 0.6) is 0 Å². The van der Waals surface area contributed by atoms with Crippen LogP contribution < -0.4 is 0 Å². The van der Waals surface area contributed by atoms with Crippen LogP contribution in [0.2, 0.25) is 0 Å². The summed E-state index contributed by atoms with van der Waals surface area (Å²) < 4.78 is 36.8. The molecular weight excluding hydrogens is 269 g/mol. The molecule has 0 spiro atoms. The van der Waals surface area contributed by atoms with Gasteiger partial charge in [0, 0.05) is 11.7 Å². The van der Waals surface area contributed by atoms with Crippen molar-refractivity contribution in [3.8, 4) is 6.07 Å². The average molecular weight is 281 g/mol. The van der Waals surface area contributed by atoms with Gasteiger partial charge in [-0.25, -0.2) is 12.8 Å². The van der Waals surface area contributed by atoms with E-state index in [0.717, 1.165) is 0 Å². The van der Waals surface area contributed by atoms with E-state index in [2.05, 4.69) is 0 Å². The van der Waals surface area contributed by atoms with Crippen molar-refractivity contribution in [3.63, 3.8) is 0 Å². The first-order valence-electron chi connectivity index (χ1n) is 5.77. The zero-order valence-corrected chi connectivity index (χ0v) is 11.0. The second-order valence-corrected chi connectivity index (χ2v) is 6.97. The summed E-state index contributed by atoms with van der Waals surface area (Å²) in [6.07, 6.45) is 0.402. The average Bonchev–Trinajstić information content (AvgIpc) is 3.10. The Kier molecular flexibility index (Phi) is 3.19. The predicted octanol–water partition coefficient (Wildman–Crippen LogP) is 1.44. The van der Waals surface area contributed by atoms with Gasteiger partial charge in [-0.05, 0) is 17.7 Å². The Balaban J connectivity index is 2.49. The number of hydrogen-bond acceptors (Lipinski definition) is 4. The molecule has 6 heteroatoms. The highest BCUT2D eigenvalue weighted by Gasteiger charge is 2.72. The van der Waals surface area contributed by atoms with Crippen LogP contribution in [-0.4, -0.2) is 25.7 Å². The number of benzene rings is 1. The Bertz CT molecular complexity index is 647. The maximum absolute atomic E-state index is 12.9. The van der Waals surface area contributed by atoms with Gasteiger partial charge in [-0.2, -0.15) is 5.26 Å². The van der Waals surface area contributed by atoms with Crippen LogP contribution in [0.15, 0.2) is 24.3 Å². The molecule has 0 bridgehead atoms. The molecule has 3 unspecified atom stereocenters. The number of nitriles is 1. The molecule has 0 radical (unpaired) electrons. The van der Waals surface area contributed by atoms with E-state index in [0.29, 0.717) is 11.8 Å². The minimum Gasteiger partial charge on any atom is -0.302 e. The Hall–Kier alpha value is -1.74. The van der Waals surface area contributed by atoms with E-state index in [1.807, 2.05) is 6.07 Å². The molecule has 1 saturated carbocycles. The Morgan fingerprint density at radius 3 is 2.42 bits per heavy atom. The highest BCUT2D eigenvalue weighted by Crippen LogP contribution is 2.61. The number of rotatable bonds is 4. The molecule has 4 nitrogen and oxygen atoms in total. The molecule has 1 aliphatic carbocycles. The van der Waals surface area contributed by atoms with Crippen molar-refractivity contribution in [2.45, 2.75) is 18.1 Å². The number of aldehydes is 1. The number of carbonyl (C=O) groups excluding carboxylic acids is 1. The minimum absolute atomic E-state index is 0.132. The first-order valence-corrected chi connectivity index (χ1v) is 7.49. The van der Waals surface area contributed by atoms with E-state index >= 15 is 0 Å². The summed E-state index contributed by atoms with van der Waals surface area (Å²) in [5.41, 5.74) is -1.04. The number of hydrogen-bond donors (Lipinski definition) is 0. The van der Waals surface area contributed by atoms with Gasteiger partial charge in [-0.1, -0.05) is 19.1 Å². The highest BCUT2D eigenvalue weighted by molar-refractivity contribution is 7.92. The van der Waals surface area contributed by atoms with Gasteiger partial charge in [0.15, 0.2) is 9.84 Å².